The van der Waals surface area contributed by atoms with Crippen LogP contribution in [0.4, 0.5) is 0 Å². The first kappa shape index (κ1) is 19.1. The van der Waals surface area contributed by atoms with Crippen molar-refractivity contribution in [3.8, 4) is 0 Å². The molecule has 1 aromatic carbocycles. The number of nitrogens with one attached hydrogen (secondary N) is 1. The average molecular weight is 385 g/mol. The predicted octanol–water partition coefficient (Wildman–Crippen LogP) is 3.56. The van der Waals surface area contributed by atoms with Crippen LogP contribution in [0.2, 0.25) is 0 Å². The molecule has 6 nitrogen and oxygen atoms in total. The first-order valence-corrected chi connectivity index (χ1v) is 9.86. The summed E-state index contributed by atoms with van der Waals surface area (Å²) >= 11 is 1.49. The van der Waals surface area contributed by atoms with Crippen LogP contribution in [0.1, 0.15) is 35.8 Å². The van der Waals surface area contributed by atoms with Gasteiger partial charge in [-0.25, -0.2) is 0 Å². The lowest BCUT2D eigenvalue weighted by molar-refractivity contribution is -0.137. The van der Waals surface area contributed by atoms with Gasteiger partial charge in [0.15, 0.2) is 0 Å². The number of aromatic nitrogens is 2. The summed E-state index contributed by atoms with van der Waals surface area (Å²) in [7, 11) is 0. The monoisotopic (exact) mass is 385 g/mol. The van der Waals surface area contributed by atoms with E-state index < -0.39 is 5.97 Å². The molecule has 27 heavy (non-hydrogen) atoms. The average Bonchev–Trinajstić information content (AvgIpc) is 3.27. The van der Waals surface area contributed by atoms with E-state index >= 15 is 0 Å². The van der Waals surface area contributed by atoms with Gasteiger partial charge in [-0.15, -0.1) is 11.3 Å². The van der Waals surface area contributed by atoms with Gasteiger partial charge in [0.1, 0.15) is 0 Å². The fourth-order valence-corrected chi connectivity index (χ4v) is 4.05. The number of thiophene rings is 1. The number of carbonyl (C=O) groups is 2. The highest BCUT2D eigenvalue weighted by Crippen LogP contribution is 2.27. The molecular weight excluding hydrogens is 362 g/mol. The molecule has 1 amide bonds. The van der Waals surface area contributed by atoms with E-state index in [4.69, 9.17) is 5.11 Å². The van der Waals surface area contributed by atoms with E-state index in [2.05, 4.69) is 16.5 Å². The van der Waals surface area contributed by atoms with Crippen molar-refractivity contribution >= 4 is 34.1 Å². The van der Waals surface area contributed by atoms with Crippen molar-refractivity contribution < 1.29 is 14.7 Å². The minimum absolute atomic E-state index is 0.0352. The standard InChI is InChI=1S/C20H23N3O3S/c1-14-16-6-2-3-7-17(16)23(22-14)10-5-9-21-19(24)12-15(13-20(25)26)18-8-4-11-27-18/h2-4,6-8,11,15H,5,9-10,12-13H2,1H3,(H,21,24)(H,25,26). The van der Waals surface area contributed by atoms with Crippen LogP contribution in [0.25, 0.3) is 10.9 Å². The summed E-state index contributed by atoms with van der Waals surface area (Å²) in [6, 6.07) is 11.9. The highest BCUT2D eigenvalue weighted by atomic mass is 32.1. The summed E-state index contributed by atoms with van der Waals surface area (Å²) in [5.74, 6) is -1.28. The van der Waals surface area contributed by atoms with Crippen molar-refractivity contribution in [1.82, 2.24) is 15.1 Å². The summed E-state index contributed by atoms with van der Waals surface area (Å²) in [6.45, 7) is 3.25. The third kappa shape index (κ3) is 4.95. The summed E-state index contributed by atoms with van der Waals surface area (Å²) < 4.78 is 1.97. The van der Waals surface area contributed by atoms with E-state index in [1.807, 2.05) is 47.3 Å². The third-order valence-electron chi connectivity index (χ3n) is 4.51. The van der Waals surface area contributed by atoms with Gasteiger partial charge < -0.3 is 10.4 Å². The van der Waals surface area contributed by atoms with E-state index in [0.29, 0.717) is 6.54 Å². The molecule has 0 aliphatic carbocycles. The lowest BCUT2D eigenvalue weighted by Gasteiger charge is -2.13. The van der Waals surface area contributed by atoms with Crippen LogP contribution in [0, 0.1) is 6.92 Å². The second-order valence-electron chi connectivity index (χ2n) is 6.54. The predicted molar refractivity (Wildman–Crippen MR) is 106 cm³/mol. The van der Waals surface area contributed by atoms with Crippen molar-refractivity contribution in [1.29, 1.82) is 0 Å². The number of hydrogen-bond donors (Lipinski definition) is 2. The lowest BCUT2D eigenvalue weighted by Crippen LogP contribution is -2.27. The van der Waals surface area contributed by atoms with Crippen LogP contribution < -0.4 is 5.32 Å². The largest absolute Gasteiger partial charge is 0.481 e. The number of nitrogens with zero attached hydrogens (tertiary/aromatic N) is 2. The Labute approximate surface area is 161 Å². The fraction of sp³-hybridized carbons (Fsp3) is 0.350. The van der Waals surface area contributed by atoms with Crippen molar-refractivity contribution in [2.45, 2.75) is 38.6 Å². The van der Waals surface area contributed by atoms with E-state index in [0.717, 1.165) is 34.4 Å². The molecule has 2 N–H and O–H groups in total. The van der Waals surface area contributed by atoms with Crippen molar-refractivity contribution in [2.75, 3.05) is 6.54 Å². The number of carboxylic acid groups (broad SMARTS) is 1. The molecule has 0 aliphatic heterocycles. The number of fused-ring (bicyclic) bond motifs is 1. The van der Waals surface area contributed by atoms with Crippen LogP contribution in [0.5, 0.6) is 0 Å². The highest BCUT2D eigenvalue weighted by molar-refractivity contribution is 7.10. The number of aliphatic carboxylic acids is 1. The van der Waals surface area contributed by atoms with Gasteiger partial charge in [-0.3, -0.25) is 14.3 Å². The number of hydrogen-bond acceptors (Lipinski definition) is 4. The number of benzene rings is 1. The Bertz CT molecular complexity index is 918. The number of rotatable bonds is 9. The second kappa shape index (κ2) is 8.81. The molecule has 2 aromatic heterocycles. The van der Waals surface area contributed by atoms with Gasteiger partial charge in [-0.1, -0.05) is 24.3 Å². The Morgan fingerprint density at radius 1 is 1.22 bits per heavy atom. The maximum Gasteiger partial charge on any atom is 0.304 e. The fourth-order valence-electron chi connectivity index (χ4n) is 3.22. The van der Waals surface area contributed by atoms with Gasteiger partial charge in [0.2, 0.25) is 5.91 Å². The van der Waals surface area contributed by atoms with Crippen molar-refractivity contribution in [3.63, 3.8) is 0 Å². The van der Waals surface area contributed by atoms with Gasteiger partial charge in [-0.05, 0) is 30.9 Å². The minimum Gasteiger partial charge on any atom is -0.481 e. The molecule has 0 saturated carbocycles. The zero-order valence-corrected chi connectivity index (χ0v) is 16.0. The first-order valence-electron chi connectivity index (χ1n) is 8.98. The topological polar surface area (TPSA) is 84.2 Å². The maximum atomic E-state index is 12.2. The molecule has 0 bridgehead atoms. The van der Waals surface area contributed by atoms with Crippen molar-refractivity contribution in [2.24, 2.45) is 0 Å². The van der Waals surface area contributed by atoms with E-state index in [1.165, 1.54) is 11.3 Å². The molecule has 0 radical (unpaired) electrons. The number of para-hydroxylation sites is 1. The highest BCUT2D eigenvalue weighted by Gasteiger charge is 2.20. The molecule has 3 rings (SSSR count). The normalized spacial score (nSPS) is 12.2. The molecule has 0 saturated heterocycles. The van der Waals surface area contributed by atoms with Gasteiger partial charge in [0, 0.05) is 35.7 Å². The van der Waals surface area contributed by atoms with Gasteiger partial charge >= 0.3 is 5.97 Å². The number of carboxylic acids is 1. The van der Waals surface area contributed by atoms with Crippen LogP contribution in [-0.2, 0) is 16.1 Å². The van der Waals surface area contributed by atoms with Crippen LogP contribution in [0.15, 0.2) is 41.8 Å². The van der Waals surface area contributed by atoms with E-state index in [9.17, 15) is 9.59 Å². The Balaban J connectivity index is 1.49. The SMILES string of the molecule is Cc1nn(CCCNC(=O)CC(CC(=O)O)c2cccs2)c2ccccc12. The Hall–Kier alpha value is -2.67. The molecule has 7 heteroatoms. The molecule has 0 fully saturated rings. The van der Waals surface area contributed by atoms with Gasteiger partial charge in [0.05, 0.1) is 17.6 Å². The number of carbonyl (C=O) groups excluding carboxylic acids is 1. The smallest absolute Gasteiger partial charge is 0.304 e. The number of amides is 1. The molecule has 142 valence electrons. The lowest BCUT2D eigenvalue weighted by atomic mass is 9.99. The third-order valence-corrected chi connectivity index (χ3v) is 5.54. The maximum absolute atomic E-state index is 12.2. The molecule has 0 aliphatic rings. The summed E-state index contributed by atoms with van der Waals surface area (Å²) in [5, 5.41) is 19.6. The summed E-state index contributed by atoms with van der Waals surface area (Å²) in [6.07, 6.45) is 0.919. The van der Waals surface area contributed by atoms with Crippen LogP contribution in [0.3, 0.4) is 0 Å². The van der Waals surface area contributed by atoms with E-state index in [1.54, 1.807) is 0 Å². The Morgan fingerprint density at radius 3 is 2.78 bits per heavy atom. The first-order chi connectivity index (χ1) is 13.0. The second-order valence-corrected chi connectivity index (χ2v) is 7.52. The molecular formula is C20H23N3O3S. The Kier molecular flexibility index (Phi) is 6.24. The van der Waals surface area contributed by atoms with Crippen molar-refractivity contribution in [3.05, 3.63) is 52.3 Å². The zero-order valence-electron chi connectivity index (χ0n) is 15.2. The summed E-state index contributed by atoms with van der Waals surface area (Å²) in [4.78, 5) is 24.2. The summed E-state index contributed by atoms with van der Waals surface area (Å²) in [5.41, 5.74) is 2.10. The number of aryl methyl sites for hydroxylation is 2. The van der Waals surface area contributed by atoms with Crippen LogP contribution >= 0.6 is 11.3 Å². The zero-order chi connectivity index (χ0) is 19.2. The van der Waals surface area contributed by atoms with Gasteiger partial charge in [0.25, 0.3) is 0 Å². The molecule has 0 spiro atoms. The van der Waals surface area contributed by atoms with Crippen LogP contribution in [-0.4, -0.2) is 33.3 Å². The molecule has 3 aromatic rings. The molecule has 2 heterocycles. The van der Waals surface area contributed by atoms with Gasteiger partial charge in [-0.2, -0.15) is 5.10 Å². The van der Waals surface area contributed by atoms with E-state index in [-0.39, 0.29) is 24.7 Å². The molecule has 1 unspecified atom stereocenters. The Morgan fingerprint density at radius 2 is 2.04 bits per heavy atom. The minimum atomic E-state index is -0.887. The quantitative estimate of drug-likeness (QED) is 0.552. The molecule has 1 atom stereocenters.